The molecule has 0 saturated carbocycles. The Morgan fingerprint density at radius 3 is 2.52 bits per heavy atom. The fraction of sp³-hybridized carbons (Fsp3) is 0.308. The van der Waals surface area contributed by atoms with E-state index in [0.717, 1.165) is 28.0 Å². The third-order valence-corrected chi connectivity index (χ3v) is 5.69. The van der Waals surface area contributed by atoms with Crippen LogP contribution in [0.2, 0.25) is 0 Å². The number of ether oxygens (including phenoxy) is 2. The van der Waals surface area contributed by atoms with Gasteiger partial charge >= 0.3 is 5.97 Å². The van der Waals surface area contributed by atoms with Crippen molar-refractivity contribution in [1.82, 2.24) is 4.90 Å². The number of methoxy groups -OCH3 is 1. The summed E-state index contributed by atoms with van der Waals surface area (Å²) in [5.41, 5.74) is 5.24. The molecule has 0 fully saturated rings. The summed E-state index contributed by atoms with van der Waals surface area (Å²) < 4.78 is 10.6. The molecule has 3 rings (SSSR count). The second-order valence-electron chi connectivity index (χ2n) is 7.83. The highest BCUT2D eigenvalue weighted by molar-refractivity contribution is 5.96. The molecule has 31 heavy (non-hydrogen) atoms. The Balaban J connectivity index is 2.03. The minimum absolute atomic E-state index is 0.0144. The number of esters is 1. The molecule has 1 amide bonds. The zero-order valence-electron chi connectivity index (χ0n) is 18.6. The Morgan fingerprint density at radius 1 is 1.16 bits per heavy atom. The van der Waals surface area contributed by atoms with Gasteiger partial charge in [0.25, 0.3) is 0 Å². The summed E-state index contributed by atoms with van der Waals surface area (Å²) in [7, 11) is 1.62. The molecule has 0 spiro atoms. The molecule has 162 valence electrons. The lowest BCUT2D eigenvalue weighted by Crippen LogP contribution is -2.38. The lowest BCUT2D eigenvalue weighted by atomic mass is 9.81. The Hall–Kier alpha value is -3.34. The molecule has 1 aliphatic heterocycles. The van der Waals surface area contributed by atoms with E-state index < -0.39 is 5.97 Å². The molecule has 0 N–H and O–H groups in total. The number of nitrogens with zero attached hydrogens (tertiary/aromatic N) is 1. The minimum atomic E-state index is -0.407. The second-order valence-corrected chi connectivity index (χ2v) is 7.83. The van der Waals surface area contributed by atoms with E-state index in [1.807, 2.05) is 57.2 Å². The Kier molecular flexibility index (Phi) is 6.95. The monoisotopic (exact) mass is 419 g/mol. The number of amides is 1. The molecule has 1 atom stereocenters. The fourth-order valence-electron chi connectivity index (χ4n) is 3.99. The van der Waals surface area contributed by atoms with Crippen molar-refractivity contribution in [2.24, 2.45) is 0 Å². The normalized spacial score (nSPS) is 16.3. The average molecular weight is 420 g/mol. The number of aryl methyl sites for hydroxylation is 2. The highest BCUT2D eigenvalue weighted by atomic mass is 16.5. The minimum Gasteiger partial charge on any atom is -0.497 e. The molecule has 0 aromatic heterocycles. The van der Waals surface area contributed by atoms with Crippen LogP contribution in [-0.2, 0) is 20.9 Å². The first-order valence-corrected chi connectivity index (χ1v) is 10.3. The van der Waals surface area contributed by atoms with E-state index in [1.165, 1.54) is 0 Å². The zero-order chi connectivity index (χ0) is 22.5. The van der Waals surface area contributed by atoms with Crippen molar-refractivity contribution in [2.45, 2.75) is 39.7 Å². The first-order chi connectivity index (χ1) is 14.8. The summed E-state index contributed by atoms with van der Waals surface area (Å²) >= 11 is 0. The van der Waals surface area contributed by atoms with E-state index in [4.69, 9.17) is 9.47 Å². The van der Waals surface area contributed by atoms with Gasteiger partial charge in [0.2, 0.25) is 5.91 Å². The molecular formula is C26H29NO4. The van der Waals surface area contributed by atoms with Crippen molar-refractivity contribution in [3.8, 4) is 5.75 Å². The van der Waals surface area contributed by atoms with Crippen molar-refractivity contribution >= 4 is 11.9 Å². The van der Waals surface area contributed by atoms with Crippen LogP contribution in [0.1, 0.15) is 41.5 Å². The summed E-state index contributed by atoms with van der Waals surface area (Å²) in [5, 5.41) is 0. The van der Waals surface area contributed by atoms with Crippen LogP contribution in [0.4, 0.5) is 0 Å². The summed E-state index contributed by atoms with van der Waals surface area (Å²) in [6.07, 6.45) is 1.76. The molecule has 1 heterocycles. The fourth-order valence-corrected chi connectivity index (χ4v) is 3.99. The zero-order valence-corrected chi connectivity index (χ0v) is 18.6. The molecule has 5 heteroatoms. The first-order valence-electron chi connectivity index (χ1n) is 10.3. The van der Waals surface area contributed by atoms with Crippen molar-refractivity contribution < 1.29 is 19.1 Å². The molecular weight excluding hydrogens is 390 g/mol. The molecule has 0 bridgehead atoms. The van der Waals surface area contributed by atoms with E-state index in [9.17, 15) is 9.59 Å². The van der Waals surface area contributed by atoms with Crippen molar-refractivity contribution in [3.05, 3.63) is 88.6 Å². The standard InChI is InChI=1S/C26H29NO4/c1-6-13-31-26(29)25-19(4)27(16-20-9-11-21(30-5)12-10-20)24(28)15-23(25)22-14-17(2)7-8-18(22)3/h6-12,14,23H,1,13,15-16H2,2-5H3. The predicted octanol–water partition coefficient (Wildman–Crippen LogP) is 4.83. The van der Waals surface area contributed by atoms with Gasteiger partial charge in [0.15, 0.2) is 0 Å². The van der Waals surface area contributed by atoms with Crippen molar-refractivity contribution in [1.29, 1.82) is 0 Å². The molecule has 2 aromatic carbocycles. The maximum absolute atomic E-state index is 13.2. The lowest BCUT2D eigenvalue weighted by molar-refractivity contribution is -0.139. The Bertz CT molecular complexity index is 1020. The summed E-state index contributed by atoms with van der Waals surface area (Å²) in [6.45, 7) is 9.97. The SMILES string of the molecule is C=CCOC(=O)C1=C(C)N(Cc2ccc(OC)cc2)C(=O)CC1c1cc(C)ccc1C. The number of hydrogen-bond acceptors (Lipinski definition) is 4. The van der Waals surface area contributed by atoms with Gasteiger partial charge in [-0.3, -0.25) is 4.79 Å². The van der Waals surface area contributed by atoms with Gasteiger partial charge in [-0.05, 0) is 49.6 Å². The maximum Gasteiger partial charge on any atom is 0.336 e. The molecule has 2 aromatic rings. The van der Waals surface area contributed by atoms with Crippen LogP contribution in [0.3, 0.4) is 0 Å². The Morgan fingerprint density at radius 2 is 1.87 bits per heavy atom. The van der Waals surface area contributed by atoms with Gasteiger partial charge in [0.1, 0.15) is 12.4 Å². The van der Waals surface area contributed by atoms with E-state index >= 15 is 0 Å². The third kappa shape index (κ3) is 4.88. The summed E-state index contributed by atoms with van der Waals surface area (Å²) in [4.78, 5) is 27.9. The molecule has 1 aliphatic rings. The Labute approximate surface area is 184 Å². The number of carbonyl (C=O) groups excluding carboxylic acids is 2. The molecule has 0 aliphatic carbocycles. The van der Waals surface area contributed by atoms with Crippen LogP contribution in [0.5, 0.6) is 5.75 Å². The highest BCUT2D eigenvalue weighted by Crippen LogP contribution is 2.39. The number of hydrogen-bond donors (Lipinski definition) is 0. The smallest absolute Gasteiger partial charge is 0.336 e. The highest BCUT2D eigenvalue weighted by Gasteiger charge is 2.37. The van der Waals surface area contributed by atoms with Crippen LogP contribution < -0.4 is 4.74 Å². The van der Waals surface area contributed by atoms with E-state index in [2.05, 4.69) is 12.6 Å². The van der Waals surface area contributed by atoms with Crippen LogP contribution in [0.15, 0.2) is 66.4 Å². The van der Waals surface area contributed by atoms with Gasteiger partial charge < -0.3 is 14.4 Å². The van der Waals surface area contributed by atoms with Crippen LogP contribution in [-0.4, -0.2) is 30.5 Å². The second kappa shape index (κ2) is 9.65. The van der Waals surface area contributed by atoms with Gasteiger partial charge in [0, 0.05) is 18.0 Å². The maximum atomic E-state index is 13.2. The largest absolute Gasteiger partial charge is 0.497 e. The number of carbonyl (C=O) groups is 2. The lowest BCUT2D eigenvalue weighted by Gasteiger charge is -2.35. The molecule has 5 nitrogen and oxygen atoms in total. The van der Waals surface area contributed by atoms with Crippen molar-refractivity contribution in [3.63, 3.8) is 0 Å². The topological polar surface area (TPSA) is 55.8 Å². The molecule has 1 unspecified atom stereocenters. The number of benzene rings is 2. The summed E-state index contributed by atoms with van der Waals surface area (Å²) in [6, 6.07) is 13.7. The van der Waals surface area contributed by atoms with Crippen LogP contribution in [0.25, 0.3) is 0 Å². The average Bonchev–Trinajstić information content (AvgIpc) is 2.76. The summed E-state index contributed by atoms with van der Waals surface area (Å²) in [5.74, 6) is -0.00321. The first kappa shape index (κ1) is 22.3. The molecule has 0 radical (unpaired) electrons. The number of rotatable bonds is 7. The van der Waals surface area contributed by atoms with E-state index in [0.29, 0.717) is 17.8 Å². The van der Waals surface area contributed by atoms with E-state index in [1.54, 1.807) is 18.1 Å². The van der Waals surface area contributed by atoms with Gasteiger partial charge in [0.05, 0.1) is 19.2 Å². The van der Waals surface area contributed by atoms with Crippen LogP contribution in [0, 0.1) is 13.8 Å². The van der Waals surface area contributed by atoms with E-state index in [-0.39, 0.29) is 24.9 Å². The third-order valence-electron chi connectivity index (χ3n) is 5.69. The number of allylic oxidation sites excluding steroid dienone is 1. The van der Waals surface area contributed by atoms with Crippen LogP contribution >= 0.6 is 0 Å². The van der Waals surface area contributed by atoms with Gasteiger partial charge in [-0.15, -0.1) is 0 Å². The van der Waals surface area contributed by atoms with Gasteiger partial charge in [-0.2, -0.15) is 0 Å². The molecule has 0 saturated heterocycles. The van der Waals surface area contributed by atoms with Gasteiger partial charge in [-0.1, -0.05) is 48.6 Å². The predicted molar refractivity (Wildman–Crippen MR) is 121 cm³/mol. The quantitative estimate of drug-likeness (QED) is 0.476. The van der Waals surface area contributed by atoms with Gasteiger partial charge in [-0.25, -0.2) is 4.79 Å². The van der Waals surface area contributed by atoms with Crippen molar-refractivity contribution in [2.75, 3.05) is 13.7 Å².